The zero-order valence-electron chi connectivity index (χ0n) is 16.8. The van der Waals surface area contributed by atoms with Crippen LogP contribution in [0.25, 0.3) is 11.0 Å². The largest absolute Gasteiger partial charge is 0.507 e. The molecule has 2 aromatic carbocycles. The number of phenols is 1. The van der Waals surface area contributed by atoms with Gasteiger partial charge in [0.15, 0.2) is 5.58 Å². The minimum absolute atomic E-state index is 0.187. The van der Waals surface area contributed by atoms with Crippen molar-refractivity contribution in [2.45, 2.75) is 20.1 Å². The van der Waals surface area contributed by atoms with Gasteiger partial charge in [0.2, 0.25) is 0 Å². The highest BCUT2D eigenvalue weighted by Crippen LogP contribution is 2.31. The van der Waals surface area contributed by atoms with Crippen molar-refractivity contribution in [3.05, 3.63) is 53.2 Å². The number of phenolic OH excluding ortho intramolecular Hbond substituents is 1. The molecule has 158 valence electrons. The molecule has 1 aliphatic rings. The van der Waals surface area contributed by atoms with Crippen LogP contribution in [0.5, 0.6) is 11.5 Å². The molecule has 8 nitrogen and oxygen atoms in total. The Morgan fingerprint density at radius 3 is 2.67 bits per heavy atom. The Labute approximate surface area is 173 Å². The Balaban J connectivity index is 1.47. The second-order valence-electron chi connectivity index (χ2n) is 6.99. The number of nitrogens with zero attached hydrogens (tertiary/aromatic N) is 2. The van der Waals surface area contributed by atoms with Gasteiger partial charge in [-0.1, -0.05) is 5.16 Å². The van der Waals surface area contributed by atoms with Crippen LogP contribution in [0.15, 0.2) is 40.9 Å². The predicted molar refractivity (Wildman–Crippen MR) is 109 cm³/mol. The number of morpholine rings is 1. The first-order chi connectivity index (χ1) is 14.7. The summed E-state index contributed by atoms with van der Waals surface area (Å²) in [5.41, 5.74) is 2.40. The molecular weight excluding hydrogens is 388 g/mol. The Hall–Kier alpha value is -3.10. The summed E-state index contributed by atoms with van der Waals surface area (Å²) in [7, 11) is 0. The third-order valence-corrected chi connectivity index (χ3v) is 5.02. The molecule has 0 aliphatic carbocycles. The number of rotatable bonds is 7. The van der Waals surface area contributed by atoms with E-state index < -0.39 is 0 Å². The number of hydrogen-bond acceptors (Lipinski definition) is 8. The van der Waals surface area contributed by atoms with Crippen molar-refractivity contribution >= 4 is 16.9 Å². The number of aromatic nitrogens is 1. The maximum Gasteiger partial charge on any atom is 0.338 e. The molecule has 0 amide bonds. The number of ether oxygens (including phenoxy) is 3. The third-order valence-electron chi connectivity index (χ3n) is 5.02. The first-order valence-corrected chi connectivity index (χ1v) is 9.95. The predicted octanol–water partition coefficient (Wildman–Crippen LogP) is 3.12. The monoisotopic (exact) mass is 412 g/mol. The van der Waals surface area contributed by atoms with Crippen molar-refractivity contribution < 1.29 is 28.6 Å². The van der Waals surface area contributed by atoms with E-state index in [1.807, 2.05) is 0 Å². The number of esters is 1. The Bertz CT molecular complexity index is 1010. The van der Waals surface area contributed by atoms with Crippen molar-refractivity contribution in [2.75, 3.05) is 32.9 Å². The number of carbonyl (C=O) groups is 1. The number of aromatic hydroxyl groups is 1. The van der Waals surface area contributed by atoms with Gasteiger partial charge in [0.05, 0.1) is 30.9 Å². The second-order valence-corrected chi connectivity index (χ2v) is 6.99. The summed E-state index contributed by atoms with van der Waals surface area (Å²) in [5.74, 6) is 0.429. The summed E-state index contributed by atoms with van der Waals surface area (Å²) < 4.78 is 21.7. The Morgan fingerprint density at radius 1 is 1.17 bits per heavy atom. The zero-order chi connectivity index (χ0) is 20.9. The lowest BCUT2D eigenvalue weighted by atomic mass is 10.1. The van der Waals surface area contributed by atoms with Crippen molar-refractivity contribution in [2.24, 2.45) is 0 Å². The standard InChI is InChI=1S/C22H24N2O6/c1-2-28-22(26)15-3-5-16(6-4-15)29-14-19-17-7-8-20(25)18(21(17)30-23-19)13-24-9-11-27-12-10-24/h3-8,25H,2,9-14H2,1H3. The minimum Gasteiger partial charge on any atom is -0.507 e. The fraction of sp³-hybridized carbons (Fsp3) is 0.364. The van der Waals surface area contributed by atoms with E-state index in [0.29, 0.717) is 54.5 Å². The van der Waals surface area contributed by atoms with Crippen LogP contribution >= 0.6 is 0 Å². The molecule has 30 heavy (non-hydrogen) atoms. The van der Waals surface area contributed by atoms with E-state index in [4.69, 9.17) is 18.7 Å². The molecule has 0 atom stereocenters. The lowest BCUT2D eigenvalue weighted by Crippen LogP contribution is -2.35. The molecule has 8 heteroatoms. The molecule has 0 radical (unpaired) electrons. The number of carbonyl (C=O) groups excluding carboxylic acids is 1. The first-order valence-electron chi connectivity index (χ1n) is 9.95. The van der Waals surface area contributed by atoms with Gasteiger partial charge in [-0.15, -0.1) is 0 Å². The van der Waals surface area contributed by atoms with Gasteiger partial charge in [-0.2, -0.15) is 0 Å². The smallest absolute Gasteiger partial charge is 0.338 e. The molecular formula is C22H24N2O6. The summed E-state index contributed by atoms with van der Waals surface area (Å²) in [6, 6.07) is 10.2. The molecule has 1 aliphatic heterocycles. The van der Waals surface area contributed by atoms with E-state index in [9.17, 15) is 9.90 Å². The van der Waals surface area contributed by atoms with Crippen LogP contribution in [-0.4, -0.2) is 54.0 Å². The SMILES string of the molecule is CCOC(=O)c1ccc(OCc2noc3c(CN4CCOCC4)c(O)ccc23)cc1. The molecule has 2 heterocycles. The van der Waals surface area contributed by atoms with Gasteiger partial charge in [-0.25, -0.2) is 4.79 Å². The average molecular weight is 412 g/mol. The maximum atomic E-state index is 11.7. The van der Waals surface area contributed by atoms with Gasteiger partial charge in [0, 0.05) is 25.0 Å². The minimum atomic E-state index is -0.362. The van der Waals surface area contributed by atoms with E-state index in [1.54, 1.807) is 43.3 Å². The Morgan fingerprint density at radius 2 is 1.93 bits per heavy atom. The lowest BCUT2D eigenvalue weighted by Gasteiger charge is -2.26. The quantitative estimate of drug-likeness (QED) is 0.592. The van der Waals surface area contributed by atoms with Gasteiger partial charge in [-0.3, -0.25) is 4.90 Å². The van der Waals surface area contributed by atoms with Gasteiger partial charge < -0.3 is 23.8 Å². The highest BCUT2D eigenvalue weighted by Gasteiger charge is 2.20. The van der Waals surface area contributed by atoms with E-state index in [2.05, 4.69) is 10.1 Å². The Kier molecular flexibility index (Phi) is 6.15. The number of benzene rings is 2. The highest BCUT2D eigenvalue weighted by molar-refractivity contribution is 5.89. The number of hydrogen-bond donors (Lipinski definition) is 1. The van der Waals surface area contributed by atoms with Crippen LogP contribution in [0.4, 0.5) is 0 Å². The molecule has 1 N–H and O–H groups in total. The highest BCUT2D eigenvalue weighted by atomic mass is 16.5. The van der Waals surface area contributed by atoms with Crippen molar-refractivity contribution in [3.63, 3.8) is 0 Å². The van der Waals surface area contributed by atoms with Crippen molar-refractivity contribution in [3.8, 4) is 11.5 Å². The van der Waals surface area contributed by atoms with Crippen molar-refractivity contribution in [1.29, 1.82) is 0 Å². The first kappa shape index (κ1) is 20.2. The summed E-state index contributed by atoms with van der Waals surface area (Å²) in [6.07, 6.45) is 0. The molecule has 1 aromatic heterocycles. The van der Waals surface area contributed by atoms with Gasteiger partial charge >= 0.3 is 5.97 Å². The van der Waals surface area contributed by atoms with Crippen LogP contribution in [0.3, 0.4) is 0 Å². The van der Waals surface area contributed by atoms with Crippen LogP contribution in [0.2, 0.25) is 0 Å². The fourth-order valence-corrected chi connectivity index (χ4v) is 3.39. The summed E-state index contributed by atoms with van der Waals surface area (Å²) >= 11 is 0. The van der Waals surface area contributed by atoms with Gasteiger partial charge in [-0.05, 0) is 43.3 Å². The average Bonchev–Trinajstić information content (AvgIpc) is 3.19. The van der Waals surface area contributed by atoms with E-state index in [1.165, 1.54) is 0 Å². The summed E-state index contributed by atoms with van der Waals surface area (Å²) in [6.45, 7) is 5.85. The van der Waals surface area contributed by atoms with Crippen molar-refractivity contribution in [1.82, 2.24) is 10.1 Å². The number of fused-ring (bicyclic) bond motifs is 1. The molecule has 0 saturated carbocycles. The molecule has 4 rings (SSSR count). The van der Waals surface area contributed by atoms with E-state index >= 15 is 0 Å². The van der Waals surface area contributed by atoms with E-state index in [-0.39, 0.29) is 18.3 Å². The van der Waals surface area contributed by atoms with Gasteiger partial charge in [0.25, 0.3) is 0 Å². The molecule has 0 spiro atoms. The van der Waals surface area contributed by atoms with Crippen LogP contribution in [-0.2, 0) is 22.6 Å². The van der Waals surface area contributed by atoms with Gasteiger partial charge in [0.1, 0.15) is 23.8 Å². The topological polar surface area (TPSA) is 94.3 Å². The van der Waals surface area contributed by atoms with E-state index in [0.717, 1.165) is 18.5 Å². The normalized spacial score (nSPS) is 14.7. The van der Waals surface area contributed by atoms with Crippen LogP contribution < -0.4 is 4.74 Å². The molecule has 1 saturated heterocycles. The molecule has 0 unspecified atom stereocenters. The molecule has 1 fully saturated rings. The second kappa shape index (κ2) is 9.15. The van der Waals surface area contributed by atoms with Crippen LogP contribution in [0.1, 0.15) is 28.5 Å². The zero-order valence-corrected chi connectivity index (χ0v) is 16.8. The molecule has 3 aromatic rings. The maximum absolute atomic E-state index is 11.7. The lowest BCUT2D eigenvalue weighted by molar-refractivity contribution is 0.0339. The van der Waals surface area contributed by atoms with Crippen LogP contribution in [0, 0.1) is 0 Å². The summed E-state index contributed by atoms with van der Waals surface area (Å²) in [4.78, 5) is 13.9. The summed E-state index contributed by atoms with van der Waals surface area (Å²) in [5, 5.41) is 15.3. The third kappa shape index (κ3) is 4.39. The molecule has 0 bridgehead atoms. The fourth-order valence-electron chi connectivity index (χ4n) is 3.39.